The Morgan fingerprint density at radius 3 is 2.86 bits per heavy atom. The minimum atomic E-state index is -0.970. The summed E-state index contributed by atoms with van der Waals surface area (Å²) in [6, 6.07) is 7.76. The van der Waals surface area contributed by atoms with E-state index in [9.17, 15) is 14.4 Å². The number of aromatic nitrogens is 1. The molecule has 3 rings (SSSR count). The van der Waals surface area contributed by atoms with Crippen LogP contribution in [0.5, 0.6) is 0 Å². The number of terminal acetylenes is 1. The molecule has 1 saturated heterocycles. The molecule has 0 spiro atoms. The Morgan fingerprint density at radius 2 is 2.09 bits per heavy atom. The van der Waals surface area contributed by atoms with Gasteiger partial charge in [-0.3, -0.25) is 14.5 Å². The van der Waals surface area contributed by atoms with Crippen LogP contribution in [0.1, 0.15) is 12.0 Å². The third-order valence-electron chi connectivity index (χ3n) is 5.44. The summed E-state index contributed by atoms with van der Waals surface area (Å²) in [6.07, 6.45) is 9.68. The Labute approximate surface area is 208 Å². The van der Waals surface area contributed by atoms with Gasteiger partial charge in [-0.1, -0.05) is 41.8 Å². The second-order valence-electron chi connectivity index (χ2n) is 7.95. The molecule has 1 aliphatic rings. The Kier molecular flexibility index (Phi) is 10.1. The van der Waals surface area contributed by atoms with Crippen molar-refractivity contribution in [3.05, 3.63) is 69.5 Å². The van der Waals surface area contributed by atoms with E-state index in [1.807, 2.05) is 18.2 Å². The maximum absolute atomic E-state index is 13.0. The number of aromatic amines is 1. The van der Waals surface area contributed by atoms with E-state index in [1.54, 1.807) is 12.1 Å². The number of rotatable bonds is 10. The average molecular weight is 498 g/mol. The van der Waals surface area contributed by atoms with Gasteiger partial charge in [0.15, 0.2) is 0 Å². The first-order valence-electron chi connectivity index (χ1n) is 11.3. The maximum atomic E-state index is 13.0. The lowest BCUT2D eigenvalue weighted by Gasteiger charge is -2.26. The number of para-hydroxylation sites is 1. The number of nitrogens with one attached hydrogen (secondary N) is 2. The molecule has 1 aliphatic heterocycles. The summed E-state index contributed by atoms with van der Waals surface area (Å²) >= 11 is 5.90. The number of carbonyl (C=O) groups is 2. The van der Waals surface area contributed by atoms with Crippen molar-refractivity contribution in [3.63, 3.8) is 0 Å². The van der Waals surface area contributed by atoms with Crippen LogP contribution in [-0.2, 0) is 25.5 Å². The summed E-state index contributed by atoms with van der Waals surface area (Å²) in [5.74, 6) is 1.34. The summed E-state index contributed by atoms with van der Waals surface area (Å²) in [6.45, 7) is 3.62. The molecule has 1 amide bonds. The van der Waals surface area contributed by atoms with Gasteiger partial charge in [0.1, 0.15) is 12.6 Å². The minimum Gasteiger partial charge on any atom is -0.463 e. The average Bonchev–Trinajstić information content (AvgIpc) is 2.84. The second kappa shape index (κ2) is 13.5. The number of fused-ring (bicyclic) bond motifs is 1. The molecule has 2 heterocycles. The fourth-order valence-corrected chi connectivity index (χ4v) is 3.87. The molecule has 0 bridgehead atoms. The van der Waals surface area contributed by atoms with Gasteiger partial charge in [0.25, 0.3) is 0 Å². The highest BCUT2D eigenvalue weighted by atomic mass is 35.5. The molecule has 1 atom stereocenters. The van der Waals surface area contributed by atoms with E-state index in [2.05, 4.69) is 21.1 Å². The molecule has 35 heavy (non-hydrogen) atoms. The highest BCUT2D eigenvalue weighted by molar-refractivity contribution is 6.31. The van der Waals surface area contributed by atoms with Crippen molar-refractivity contribution in [1.29, 1.82) is 0 Å². The lowest BCUT2D eigenvalue weighted by molar-refractivity contribution is -0.148. The van der Waals surface area contributed by atoms with Crippen molar-refractivity contribution in [1.82, 2.24) is 15.2 Å². The lowest BCUT2D eigenvalue weighted by Crippen LogP contribution is -2.44. The molecule has 0 radical (unpaired) electrons. The summed E-state index contributed by atoms with van der Waals surface area (Å²) in [7, 11) is 0. The van der Waals surface area contributed by atoms with Gasteiger partial charge in [-0.05, 0) is 17.7 Å². The fraction of sp³-hybridized carbons (Fsp3) is 0.346. The summed E-state index contributed by atoms with van der Waals surface area (Å²) < 4.78 is 10.8. The van der Waals surface area contributed by atoms with Gasteiger partial charge >= 0.3 is 5.97 Å². The number of hydrogen-bond donors (Lipinski definition) is 2. The minimum absolute atomic E-state index is 0.0116. The number of H-pyrrole nitrogens is 1. The number of morpholine rings is 1. The molecule has 0 saturated carbocycles. The van der Waals surface area contributed by atoms with Crippen LogP contribution >= 0.6 is 11.6 Å². The third-order valence-corrected chi connectivity index (χ3v) is 5.67. The van der Waals surface area contributed by atoms with E-state index in [0.29, 0.717) is 35.9 Å². The van der Waals surface area contributed by atoms with Gasteiger partial charge < -0.3 is 19.8 Å². The van der Waals surface area contributed by atoms with E-state index in [4.69, 9.17) is 27.5 Å². The van der Waals surface area contributed by atoms with Crippen LogP contribution in [0, 0.1) is 12.3 Å². The lowest BCUT2D eigenvalue weighted by atomic mass is 10.0. The zero-order valence-corrected chi connectivity index (χ0v) is 20.1. The molecule has 8 nitrogen and oxygen atoms in total. The molecule has 1 fully saturated rings. The molecule has 2 N–H and O–H groups in total. The van der Waals surface area contributed by atoms with Gasteiger partial charge in [0, 0.05) is 60.6 Å². The number of carbonyl (C=O) groups excluding carboxylic acids is 2. The van der Waals surface area contributed by atoms with Crippen LogP contribution in [0.25, 0.3) is 10.9 Å². The summed E-state index contributed by atoms with van der Waals surface area (Å²) in [4.78, 5) is 42.6. The molecule has 2 aromatic rings. The number of pyridine rings is 1. The Bertz CT molecular complexity index is 1190. The number of benzene rings is 1. The number of amides is 1. The highest BCUT2D eigenvalue weighted by Gasteiger charge is 2.24. The van der Waals surface area contributed by atoms with Crippen molar-refractivity contribution in [2.24, 2.45) is 0 Å². The van der Waals surface area contributed by atoms with Crippen LogP contribution < -0.4 is 10.9 Å². The number of ether oxygens (including phenoxy) is 2. The van der Waals surface area contributed by atoms with E-state index >= 15 is 0 Å². The van der Waals surface area contributed by atoms with E-state index < -0.39 is 17.9 Å². The van der Waals surface area contributed by atoms with Crippen molar-refractivity contribution in [2.75, 3.05) is 39.5 Å². The van der Waals surface area contributed by atoms with Crippen molar-refractivity contribution >= 4 is 34.4 Å². The van der Waals surface area contributed by atoms with Gasteiger partial charge in [0.2, 0.25) is 11.5 Å². The van der Waals surface area contributed by atoms with Crippen LogP contribution in [0.15, 0.2) is 58.4 Å². The number of allylic oxidation sites excluding steroid dienone is 3. The monoisotopic (exact) mass is 497 g/mol. The highest BCUT2D eigenvalue weighted by Crippen LogP contribution is 2.17. The van der Waals surface area contributed by atoms with E-state index in [0.717, 1.165) is 18.5 Å². The molecule has 1 aromatic carbocycles. The van der Waals surface area contributed by atoms with Gasteiger partial charge in [0.05, 0.1) is 13.2 Å². The molecular formula is C26H28ClN3O5. The third kappa shape index (κ3) is 8.41. The predicted molar refractivity (Wildman–Crippen MR) is 135 cm³/mol. The maximum Gasteiger partial charge on any atom is 0.329 e. The topological polar surface area (TPSA) is 101 Å². The first kappa shape index (κ1) is 26.2. The smallest absolute Gasteiger partial charge is 0.329 e. The second-order valence-corrected chi connectivity index (χ2v) is 8.39. The largest absolute Gasteiger partial charge is 0.463 e. The van der Waals surface area contributed by atoms with Gasteiger partial charge in [-0.25, -0.2) is 4.79 Å². The first-order valence-corrected chi connectivity index (χ1v) is 11.7. The van der Waals surface area contributed by atoms with Gasteiger partial charge in [-0.15, -0.1) is 6.42 Å². The fourth-order valence-electron chi connectivity index (χ4n) is 3.72. The van der Waals surface area contributed by atoms with Crippen molar-refractivity contribution in [2.45, 2.75) is 18.9 Å². The molecule has 1 aromatic heterocycles. The molecular weight excluding hydrogens is 470 g/mol. The normalized spacial score (nSPS) is 15.6. The van der Waals surface area contributed by atoms with Crippen LogP contribution in [0.3, 0.4) is 0 Å². The predicted octanol–water partition coefficient (Wildman–Crippen LogP) is 2.13. The molecule has 9 heteroatoms. The number of hydrogen-bond acceptors (Lipinski definition) is 6. The standard InChI is InChI=1S/C26H28ClN3O5/c1-2-6-20(27)7-5-10-24(31)29-23(26(33)35-16-13-30-11-14-34-15-12-30)17-19-18-25(32)28-22-9-4-3-8-21(19)22/h1,3-9,18,23H,10-17H2,(H,28,32)(H,29,31)/b7-5-,20-6+. The number of esters is 1. The number of nitrogens with zero attached hydrogens (tertiary/aromatic N) is 1. The van der Waals surface area contributed by atoms with Crippen LogP contribution in [-0.4, -0.2) is 67.3 Å². The Balaban J connectivity index is 1.71. The molecule has 1 unspecified atom stereocenters. The van der Waals surface area contributed by atoms with Gasteiger partial charge in [-0.2, -0.15) is 0 Å². The summed E-state index contributed by atoms with van der Waals surface area (Å²) in [5, 5.41) is 3.83. The van der Waals surface area contributed by atoms with Crippen molar-refractivity contribution in [3.8, 4) is 12.3 Å². The Morgan fingerprint density at radius 1 is 1.31 bits per heavy atom. The van der Waals surface area contributed by atoms with Crippen LogP contribution in [0.4, 0.5) is 0 Å². The van der Waals surface area contributed by atoms with E-state index in [-0.39, 0.29) is 25.0 Å². The molecule has 0 aliphatic carbocycles. The summed E-state index contributed by atoms with van der Waals surface area (Å²) in [5.41, 5.74) is 0.997. The zero-order valence-electron chi connectivity index (χ0n) is 19.3. The zero-order chi connectivity index (χ0) is 25.0. The number of halogens is 1. The molecule has 184 valence electrons. The van der Waals surface area contributed by atoms with Crippen molar-refractivity contribution < 1.29 is 19.1 Å². The first-order chi connectivity index (χ1) is 17.0. The quantitative estimate of drug-likeness (QED) is 0.296. The Hall–Kier alpha value is -3.38. The van der Waals surface area contributed by atoms with E-state index in [1.165, 1.54) is 18.2 Å². The SMILES string of the molecule is C#C/C=C(Cl)\C=C/CC(=O)NC(Cc1cc(=O)[nH]c2ccccc12)C(=O)OCCN1CCOCC1. The van der Waals surface area contributed by atoms with Crippen LogP contribution in [0.2, 0.25) is 0 Å².